The first-order valence-corrected chi connectivity index (χ1v) is 9.74. The summed E-state index contributed by atoms with van der Waals surface area (Å²) in [4.78, 5) is 19.4. The quantitative estimate of drug-likeness (QED) is 0.306. The van der Waals surface area contributed by atoms with Crippen LogP contribution >= 0.6 is 11.9 Å². The van der Waals surface area contributed by atoms with Crippen LogP contribution in [0.2, 0.25) is 0 Å². The van der Waals surface area contributed by atoms with Crippen LogP contribution in [0, 0.1) is 5.82 Å². The van der Waals surface area contributed by atoms with Gasteiger partial charge in [0.25, 0.3) is 5.56 Å². The molecule has 28 heavy (non-hydrogen) atoms. The van der Waals surface area contributed by atoms with Gasteiger partial charge in [0.05, 0.1) is 17.5 Å². The second-order valence-corrected chi connectivity index (χ2v) is 7.43. The fourth-order valence-corrected chi connectivity index (χ4v) is 4.04. The van der Waals surface area contributed by atoms with Crippen molar-refractivity contribution in [3.8, 4) is 0 Å². The number of aromatic amines is 1. The third-order valence-corrected chi connectivity index (χ3v) is 5.62. The molecule has 4 rings (SSSR count). The molecule has 1 aromatic heterocycles. The van der Waals surface area contributed by atoms with Crippen LogP contribution < -0.4 is 15.7 Å². The lowest BCUT2D eigenvalue weighted by atomic mass is 10.1. The van der Waals surface area contributed by atoms with Gasteiger partial charge in [0.15, 0.2) is 0 Å². The van der Waals surface area contributed by atoms with Crippen molar-refractivity contribution in [1.29, 1.82) is 0 Å². The summed E-state index contributed by atoms with van der Waals surface area (Å²) in [5, 5.41) is 4.24. The van der Waals surface area contributed by atoms with Crippen molar-refractivity contribution >= 4 is 46.2 Å². The van der Waals surface area contributed by atoms with Crippen molar-refractivity contribution in [2.24, 2.45) is 15.9 Å². The van der Waals surface area contributed by atoms with Gasteiger partial charge in [-0.3, -0.25) is 9.79 Å². The van der Waals surface area contributed by atoms with E-state index in [1.54, 1.807) is 6.07 Å². The number of hydrogen-bond acceptors (Lipinski definition) is 6. The van der Waals surface area contributed by atoms with Gasteiger partial charge in [-0.2, -0.15) is 5.10 Å². The summed E-state index contributed by atoms with van der Waals surface area (Å²) in [7, 11) is 0. The molecule has 2 aromatic carbocycles. The van der Waals surface area contributed by atoms with E-state index in [0.29, 0.717) is 10.9 Å². The fraction of sp³-hybridized carbons (Fsp3) is 0.150. The second kappa shape index (κ2) is 7.85. The zero-order valence-corrected chi connectivity index (χ0v) is 15.7. The Morgan fingerprint density at radius 2 is 2.04 bits per heavy atom. The Labute approximate surface area is 165 Å². The zero-order chi connectivity index (χ0) is 19.5. The van der Waals surface area contributed by atoms with Gasteiger partial charge in [-0.1, -0.05) is 0 Å². The molecule has 0 atom stereocenters. The van der Waals surface area contributed by atoms with E-state index in [9.17, 15) is 9.18 Å². The van der Waals surface area contributed by atoms with Crippen molar-refractivity contribution < 1.29 is 4.39 Å². The number of aliphatic imine (C=N–C) groups is 1. The van der Waals surface area contributed by atoms with Gasteiger partial charge in [0.1, 0.15) is 11.5 Å². The normalized spacial score (nSPS) is 15.0. The third-order valence-electron chi connectivity index (χ3n) is 4.45. The molecule has 142 valence electrons. The minimum Gasteiger partial charge on any atom is -0.323 e. The van der Waals surface area contributed by atoms with E-state index in [2.05, 4.69) is 19.4 Å². The Hall–Kier alpha value is -3.13. The Balaban J connectivity index is 1.60. The summed E-state index contributed by atoms with van der Waals surface area (Å²) in [6.07, 6.45) is 2.63. The van der Waals surface area contributed by atoms with E-state index in [1.807, 2.05) is 36.2 Å². The van der Waals surface area contributed by atoms with Gasteiger partial charge >= 0.3 is 0 Å². The van der Waals surface area contributed by atoms with Crippen LogP contribution in [0.1, 0.15) is 12.0 Å². The summed E-state index contributed by atoms with van der Waals surface area (Å²) < 4.78 is 15.7. The average Bonchev–Trinajstić information content (AvgIpc) is 3.24. The molecular weight excluding hydrogens is 377 g/mol. The first-order chi connectivity index (χ1) is 13.6. The molecule has 1 saturated heterocycles. The monoisotopic (exact) mass is 395 g/mol. The minimum atomic E-state index is -0.387. The van der Waals surface area contributed by atoms with Crippen molar-refractivity contribution in [2.45, 2.75) is 6.42 Å². The predicted octanol–water partition coefficient (Wildman–Crippen LogP) is 3.59. The number of nitrogens with one attached hydrogen (secondary N) is 1. The summed E-state index contributed by atoms with van der Waals surface area (Å²) >= 11 is 1.82. The van der Waals surface area contributed by atoms with Crippen LogP contribution in [-0.2, 0) is 0 Å². The molecule has 0 spiro atoms. The van der Waals surface area contributed by atoms with Crippen molar-refractivity contribution in [1.82, 2.24) is 4.98 Å². The molecule has 0 aliphatic carbocycles. The van der Waals surface area contributed by atoms with Crippen LogP contribution in [0.4, 0.5) is 15.8 Å². The highest BCUT2D eigenvalue weighted by atomic mass is 32.2. The Morgan fingerprint density at radius 1 is 1.21 bits per heavy atom. The molecule has 1 fully saturated rings. The Bertz CT molecular complexity index is 1120. The molecule has 0 bridgehead atoms. The standard InChI is InChI=1S/C20H18FN5OS/c21-14-2-7-18-13(10-14)11-17(20(27)24-18)19(25-22)12-23-15-3-5-16(6-4-15)26-8-1-9-28-26/h2-7,10-12H,1,8-9,22H2,(H,24,27). The number of hydrazone groups is 1. The van der Waals surface area contributed by atoms with Gasteiger partial charge in [-0.15, -0.1) is 0 Å². The largest absolute Gasteiger partial charge is 0.323 e. The lowest BCUT2D eigenvalue weighted by Crippen LogP contribution is -2.20. The highest BCUT2D eigenvalue weighted by Gasteiger charge is 2.13. The number of aromatic nitrogens is 1. The number of rotatable bonds is 4. The van der Waals surface area contributed by atoms with E-state index >= 15 is 0 Å². The average molecular weight is 395 g/mol. The van der Waals surface area contributed by atoms with Crippen molar-refractivity contribution in [2.75, 3.05) is 16.6 Å². The summed E-state index contributed by atoms with van der Waals surface area (Å²) in [5.41, 5.74) is 2.48. The first kappa shape index (κ1) is 18.2. The summed E-state index contributed by atoms with van der Waals surface area (Å²) in [5.74, 6) is 6.23. The van der Waals surface area contributed by atoms with Crippen LogP contribution in [0.5, 0.6) is 0 Å². The number of nitrogens with zero attached hydrogens (tertiary/aromatic N) is 3. The molecule has 6 nitrogen and oxygen atoms in total. The SMILES string of the molecule is NN=C(C=Nc1ccc(N2CCCS2)cc1)c1cc2cc(F)ccc2[nH]c1=O. The maximum Gasteiger partial charge on any atom is 0.258 e. The number of fused-ring (bicyclic) bond motifs is 1. The van der Waals surface area contributed by atoms with Gasteiger partial charge in [-0.25, -0.2) is 4.39 Å². The molecule has 8 heteroatoms. The summed E-state index contributed by atoms with van der Waals surface area (Å²) in [6, 6.07) is 13.5. The number of nitrogens with two attached hydrogens (primary N) is 1. The number of halogens is 1. The van der Waals surface area contributed by atoms with Crippen LogP contribution in [0.25, 0.3) is 10.9 Å². The molecule has 0 saturated carbocycles. The zero-order valence-electron chi connectivity index (χ0n) is 14.9. The maximum atomic E-state index is 13.5. The van der Waals surface area contributed by atoms with Gasteiger partial charge < -0.3 is 15.1 Å². The summed E-state index contributed by atoms with van der Waals surface area (Å²) in [6.45, 7) is 1.04. The highest BCUT2D eigenvalue weighted by molar-refractivity contribution is 8.00. The predicted molar refractivity (Wildman–Crippen MR) is 114 cm³/mol. The molecule has 3 aromatic rings. The topological polar surface area (TPSA) is 86.8 Å². The number of pyridine rings is 1. The van der Waals surface area contributed by atoms with Gasteiger partial charge in [-0.05, 0) is 66.9 Å². The molecule has 2 heterocycles. The molecule has 0 radical (unpaired) electrons. The molecule has 1 aliphatic heterocycles. The number of hydrogen-bond donors (Lipinski definition) is 2. The Kier molecular flexibility index (Phi) is 5.12. The van der Waals surface area contributed by atoms with Crippen molar-refractivity contribution in [3.63, 3.8) is 0 Å². The lowest BCUT2D eigenvalue weighted by molar-refractivity contribution is 0.629. The van der Waals surface area contributed by atoms with E-state index in [-0.39, 0.29) is 22.7 Å². The van der Waals surface area contributed by atoms with E-state index in [4.69, 9.17) is 5.84 Å². The van der Waals surface area contributed by atoms with Gasteiger partial charge in [0, 0.05) is 28.9 Å². The van der Waals surface area contributed by atoms with E-state index < -0.39 is 0 Å². The molecule has 0 amide bonds. The lowest BCUT2D eigenvalue weighted by Gasteiger charge is -2.15. The minimum absolute atomic E-state index is 0.214. The smallest absolute Gasteiger partial charge is 0.258 e. The van der Waals surface area contributed by atoms with Crippen molar-refractivity contribution in [3.05, 3.63) is 70.3 Å². The van der Waals surface area contributed by atoms with E-state index in [1.165, 1.54) is 30.8 Å². The van der Waals surface area contributed by atoms with E-state index in [0.717, 1.165) is 23.7 Å². The molecule has 0 unspecified atom stereocenters. The highest BCUT2D eigenvalue weighted by Crippen LogP contribution is 2.29. The fourth-order valence-electron chi connectivity index (χ4n) is 3.03. The van der Waals surface area contributed by atoms with Crippen LogP contribution in [0.15, 0.2) is 63.4 Å². The molecule has 3 N–H and O–H groups in total. The third kappa shape index (κ3) is 3.77. The Morgan fingerprint density at radius 3 is 2.75 bits per heavy atom. The maximum absolute atomic E-state index is 13.5. The van der Waals surface area contributed by atoms with Gasteiger partial charge in [0.2, 0.25) is 0 Å². The first-order valence-electron chi connectivity index (χ1n) is 8.79. The number of anilines is 1. The van der Waals surface area contributed by atoms with Crippen LogP contribution in [0.3, 0.4) is 0 Å². The second-order valence-electron chi connectivity index (χ2n) is 6.32. The number of benzene rings is 2. The number of H-pyrrole nitrogens is 1. The van der Waals surface area contributed by atoms with Crippen LogP contribution in [-0.4, -0.2) is 29.2 Å². The molecule has 1 aliphatic rings. The molecular formula is C20H18FN5OS.